The van der Waals surface area contributed by atoms with Crippen molar-refractivity contribution in [3.05, 3.63) is 96.3 Å². The molecule has 4 aromatic rings. The number of rotatable bonds is 4. The first-order chi connectivity index (χ1) is 13.5. The normalized spacial score (nSPS) is 10.8. The van der Waals surface area contributed by atoms with Gasteiger partial charge in [0.25, 0.3) is 11.7 Å². The van der Waals surface area contributed by atoms with E-state index >= 15 is 0 Å². The summed E-state index contributed by atoms with van der Waals surface area (Å²) in [6.07, 6.45) is 1.68. The second-order valence-corrected chi connectivity index (χ2v) is 6.20. The van der Waals surface area contributed by atoms with Crippen molar-refractivity contribution in [1.29, 1.82) is 0 Å². The van der Waals surface area contributed by atoms with Crippen LogP contribution in [0.25, 0.3) is 16.6 Å². The van der Waals surface area contributed by atoms with Gasteiger partial charge in [0.05, 0.1) is 0 Å². The third-order valence-electron chi connectivity index (χ3n) is 4.36. The van der Waals surface area contributed by atoms with Crippen molar-refractivity contribution < 1.29 is 18.4 Å². The Hall–Kier alpha value is -3.80. The van der Waals surface area contributed by atoms with Crippen molar-refractivity contribution in [2.75, 3.05) is 5.32 Å². The first kappa shape index (κ1) is 17.6. The lowest BCUT2D eigenvalue weighted by Crippen LogP contribution is -2.24. The SMILES string of the molecule is O=C(Nc1ccc(F)cc1)C(=O)c1c(-c2ccc(F)cc2)cc2ccccn12. The Morgan fingerprint density at radius 2 is 1.46 bits per heavy atom. The van der Waals surface area contributed by atoms with E-state index in [1.165, 1.54) is 36.4 Å². The first-order valence-corrected chi connectivity index (χ1v) is 8.50. The molecule has 138 valence electrons. The molecule has 0 unspecified atom stereocenters. The minimum atomic E-state index is -0.848. The highest BCUT2D eigenvalue weighted by molar-refractivity contribution is 6.47. The van der Waals surface area contributed by atoms with Crippen LogP contribution in [0.3, 0.4) is 0 Å². The number of carbonyl (C=O) groups is 2. The summed E-state index contributed by atoms with van der Waals surface area (Å²) in [5, 5.41) is 2.48. The van der Waals surface area contributed by atoms with Gasteiger partial charge in [0, 0.05) is 23.0 Å². The fraction of sp³-hybridized carbons (Fsp3) is 0. The smallest absolute Gasteiger partial charge is 0.298 e. The van der Waals surface area contributed by atoms with Gasteiger partial charge in [-0.05, 0) is 60.2 Å². The fourth-order valence-corrected chi connectivity index (χ4v) is 3.03. The summed E-state index contributed by atoms with van der Waals surface area (Å²) >= 11 is 0. The summed E-state index contributed by atoms with van der Waals surface area (Å²) in [4.78, 5) is 25.5. The first-order valence-electron chi connectivity index (χ1n) is 8.50. The lowest BCUT2D eigenvalue weighted by molar-refractivity contribution is -0.112. The van der Waals surface area contributed by atoms with Gasteiger partial charge < -0.3 is 9.72 Å². The molecule has 0 spiro atoms. The molecule has 0 saturated heterocycles. The number of hydrogen-bond donors (Lipinski definition) is 1. The highest BCUT2D eigenvalue weighted by Crippen LogP contribution is 2.28. The average molecular weight is 376 g/mol. The van der Waals surface area contributed by atoms with Gasteiger partial charge in [0.1, 0.15) is 17.3 Å². The van der Waals surface area contributed by atoms with Crippen LogP contribution in [0.1, 0.15) is 10.5 Å². The molecule has 4 nitrogen and oxygen atoms in total. The van der Waals surface area contributed by atoms with Crippen LogP contribution in [0.4, 0.5) is 14.5 Å². The molecule has 0 atom stereocenters. The number of pyridine rings is 1. The van der Waals surface area contributed by atoms with E-state index in [2.05, 4.69) is 5.32 Å². The Kier molecular flexibility index (Phi) is 4.45. The van der Waals surface area contributed by atoms with E-state index in [4.69, 9.17) is 0 Å². The minimum absolute atomic E-state index is 0.168. The van der Waals surface area contributed by atoms with E-state index in [0.29, 0.717) is 16.8 Å². The number of hydrogen-bond acceptors (Lipinski definition) is 2. The second-order valence-electron chi connectivity index (χ2n) is 6.20. The third-order valence-corrected chi connectivity index (χ3v) is 4.36. The lowest BCUT2D eigenvalue weighted by atomic mass is 10.0. The molecule has 28 heavy (non-hydrogen) atoms. The molecule has 2 aromatic carbocycles. The number of halogens is 2. The number of carbonyl (C=O) groups excluding carboxylic acids is 2. The number of benzene rings is 2. The molecule has 0 aliphatic rings. The van der Waals surface area contributed by atoms with Crippen molar-refractivity contribution in [2.24, 2.45) is 0 Å². The van der Waals surface area contributed by atoms with Crippen molar-refractivity contribution in [3.8, 4) is 11.1 Å². The molecule has 1 amide bonds. The maximum atomic E-state index is 13.3. The molecule has 0 fully saturated rings. The highest BCUT2D eigenvalue weighted by atomic mass is 19.1. The van der Waals surface area contributed by atoms with Gasteiger partial charge in [-0.2, -0.15) is 0 Å². The van der Waals surface area contributed by atoms with Crippen LogP contribution >= 0.6 is 0 Å². The molecule has 4 rings (SSSR count). The van der Waals surface area contributed by atoms with E-state index in [0.717, 1.165) is 5.52 Å². The number of nitrogens with one attached hydrogen (secondary N) is 1. The van der Waals surface area contributed by atoms with Crippen molar-refractivity contribution in [1.82, 2.24) is 4.40 Å². The van der Waals surface area contributed by atoms with Crippen molar-refractivity contribution >= 4 is 22.9 Å². The maximum Gasteiger partial charge on any atom is 0.298 e. The topological polar surface area (TPSA) is 50.6 Å². The summed E-state index contributed by atoms with van der Waals surface area (Å²) in [5.74, 6) is -2.44. The van der Waals surface area contributed by atoms with Crippen LogP contribution in [0.15, 0.2) is 79.0 Å². The fourth-order valence-electron chi connectivity index (χ4n) is 3.03. The average Bonchev–Trinajstić information content (AvgIpc) is 3.09. The summed E-state index contributed by atoms with van der Waals surface area (Å²) in [6.45, 7) is 0. The van der Waals surface area contributed by atoms with Gasteiger partial charge in [0.2, 0.25) is 0 Å². The molecular formula is C22H14F2N2O2. The lowest BCUT2D eigenvalue weighted by Gasteiger charge is -2.08. The Balaban J connectivity index is 1.76. The zero-order chi connectivity index (χ0) is 19.7. The Morgan fingerprint density at radius 3 is 2.14 bits per heavy atom. The van der Waals surface area contributed by atoms with E-state index in [1.807, 2.05) is 12.1 Å². The van der Waals surface area contributed by atoms with Crippen LogP contribution in [0, 0.1) is 11.6 Å². The number of Topliss-reactive ketones (excluding diaryl/α,β-unsaturated/α-hetero) is 1. The van der Waals surface area contributed by atoms with E-state index in [-0.39, 0.29) is 5.69 Å². The van der Waals surface area contributed by atoms with Gasteiger partial charge in [-0.25, -0.2) is 8.78 Å². The van der Waals surface area contributed by atoms with Gasteiger partial charge in [-0.3, -0.25) is 9.59 Å². The predicted molar refractivity (Wildman–Crippen MR) is 102 cm³/mol. The molecule has 0 bridgehead atoms. The summed E-state index contributed by atoms with van der Waals surface area (Å²) in [5.41, 5.74) is 2.33. The van der Waals surface area contributed by atoms with Crippen LogP contribution < -0.4 is 5.32 Å². The second kappa shape index (κ2) is 7.08. The monoisotopic (exact) mass is 376 g/mol. The number of anilines is 1. The van der Waals surface area contributed by atoms with Crippen molar-refractivity contribution in [3.63, 3.8) is 0 Å². The van der Waals surface area contributed by atoms with Gasteiger partial charge >= 0.3 is 0 Å². The number of ketones is 1. The summed E-state index contributed by atoms with van der Waals surface area (Å²) in [7, 11) is 0. The van der Waals surface area contributed by atoms with Crippen molar-refractivity contribution in [2.45, 2.75) is 0 Å². The molecule has 0 aliphatic carbocycles. The van der Waals surface area contributed by atoms with Crippen LogP contribution in [0.2, 0.25) is 0 Å². The summed E-state index contributed by atoms with van der Waals surface area (Å²) in [6, 6.07) is 18.0. The molecule has 2 heterocycles. The third kappa shape index (κ3) is 3.27. The molecule has 0 saturated carbocycles. The molecule has 0 radical (unpaired) electrons. The quantitative estimate of drug-likeness (QED) is 0.414. The zero-order valence-corrected chi connectivity index (χ0v) is 14.5. The Labute approximate surface area is 159 Å². The van der Waals surface area contributed by atoms with E-state index in [1.54, 1.807) is 34.9 Å². The molecule has 2 aromatic heterocycles. The van der Waals surface area contributed by atoms with Crippen LogP contribution in [-0.4, -0.2) is 16.1 Å². The van der Waals surface area contributed by atoms with Crippen LogP contribution in [0.5, 0.6) is 0 Å². The maximum absolute atomic E-state index is 13.3. The Bertz CT molecular complexity index is 1180. The van der Waals surface area contributed by atoms with Crippen LogP contribution in [-0.2, 0) is 4.79 Å². The summed E-state index contributed by atoms with van der Waals surface area (Å²) < 4.78 is 28.0. The van der Waals surface area contributed by atoms with E-state index < -0.39 is 23.3 Å². The number of nitrogens with zero attached hydrogens (tertiary/aromatic N) is 1. The minimum Gasteiger partial charge on any atom is -0.319 e. The molecule has 0 aliphatic heterocycles. The Morgan fingerprint density at radius 1 is 0.821 bits per heavy atom. The standard InChI is InChI=1S/C22H14F2N2O2/c23-15-6-4-14(5-7-15)19-13-18-3-1-2-12-26(18)20(19)21(27)22(28)25-17-10-8-16(24)9-11-17/h1-13H,(H,25,28). The highest BCUT2D eigenvalue weighted by Gasteiger charge is 2.24. The molecule has 6 heteroatoms. The number of amides is 1. The van der Waals surface area contributed by atoms with Gasteiger partial charge in [-0.15, -0.1) is 0 Å². The van der Waals surface area contributed by atoms with Gasteiger partial charge in [-0.1, -0.05) is 18.2 Å². The van der Waals surface area contributed by atoms with Gasteiger partial charge in [0.15, 0.2) is 0 Å². The largest absolute Gasteiger partial charge is 0.319 e. The number of aromatic nitrogens is 1. The molecular weight excluding hydrogens is 362 g/mol. The number of fused-ring (bicyclic) bond motifs is 1. The zero-order valence-electron chi connectivity index (χ0n) is 14.5. The predicted octanol–water partition coefficient (Wildman–Crippen LogP) is 4.71. The molecule has 1 N–H and O–H groups in total. The van der Waals surface area contributed by atoms with E-state index in [9.17, 15) is 18.4 Å².